The van der Waals surface area contributed by atoms with E-state index in [1.165, 1.54) is 23.2 Å². The molecule has 1 aliphatic heterocycles. The maximum absolute atomic E-state index is 12.4. The van der Waals surface area contributed by atoms with Gasteiger partial charge in [-0.3, -0.25) is 9.59 Å². The van der Waals surface area contributed by atoms with Crippen molar-refractivity contribution in [3.63, 3.8) is 0 Å². The van der Waals surface area contributed by atoms with E-state index < -0.39 is 24.0 Å². The first-order chi connectivity index (χ1) is 10.0. The standard InChI is InChI=1S/C13H17N3O4S/c1-8(13(19)20)16-5-3-2-4-9(12(16)18)15-11(17)10-6-21-7-14-10/h6-9H,2-5H2,1H3,(H,15,17)(H,19,20)/t8?,9-/m0/s1. The molecule has 1 aromatic heterocycles. The van der Waals surface area contributed by atoms with Crippen LogP contribution in [0.5, 0.6) is 0 Å². The highest BCUT2D eigenvalue weighted by Gasteiger charge is 2.33. The van der Waals surface area contributed by atoms with Gasteiger partial charge in [0.2, 0.25) is 5.91 Å². The van der Waals surface area contributed by atoms with E-state index in [1.54, 1.807) is 10.9 Å². The molecule has 1 fully saturated rings. The fourth-order valence-corrected chi connectivity index (χ4v) is 2.81. The first kappa shape index (κ1) is 15.4. The second-order valence-electron chi connectivity index (χ2n) is 4.94. The lowest BCUT2D eigenvalue weighted by molar-refractivity contribution is -0.149. The van der Waals surface area contributed by atoms with Gasteiger partial charge in [-0.15, -0.1) is 11.3 Å². The van der Waals surface area contributed by atoms with E-state index in [9.17, 15) is 14.4 Å². The molecule has 2 atom stereocenters. The van der Waals surface area contributed by atoms with Crippen LogP contribution in [0.25, 0.3) is 0 Å². The molecule has 114 valence electrons. The van der Waals surface area contributed by atoms with Crippen molar-refractivity contribution in [1.82, 2.24) is 15.2 Å². The predicted molar refractivity (Wildman–Crippen MR) is 76.0 cm³/mol. The average molecular weight is 311 g/mol. The zero-order chi connectivity index (χ0) is 15.4. The van der Waals surface area contributed by atoms with Crippen molar-refractivity contribution in [3.8, 4) is 0 Å². The molecule has 8 heteroatoms. The molecule has 0 aromatic carbocycles. The molecule has 0 spiro atoms. The number of carbonyl (C=O) groups excluding carboxylic acids is 2. The number of amides is 2. The summed E-state index contributed by atoms with van der Waals surface area (Å²) >= 11 is 1.30. The Hall–Kier alpha value is -1.96. The lowest BCUT2D eigenvalue weighted by Crippen LogP contribution is -2.52. The van der Waals surface area contributed by atoms with Crippen molar-refractivity contribution < 1.29 is 19.5 Å². The third kappa shape index (κ3) is 3.57. The number of aliphatic carboxylic acids is 1. The number of nitrogens with zero attached hydrogens (tertiary/aromatic N) is 2. The lowest BCUT2D eigenvalue weighted by Gasteiger charge is -2.27. The van der Waals surface area contributed by atoms with Crippen LogP contribution in [0.2, 0.25) is 0 Å². The second-order valence-corrected chi connectivity index (χ2v) is 5.66. The summed E-state index contributed by atoms with van der Waals surface area (Å²) in [6.45, 7) is 1.88. The Morgan fingerprint density at radius 2 is 2.29 bits per heavy atom. The molecule has 0 radical (unpaired) electrons. The molecule has 0 bridgehead atoms. The first-order valence-corrected chi connectivity index (χ1v) is 7.67. The quantitative estimate of drug-likeness (QED) is 0.854. The molecule has 2 N–H and O–H groups in total. The van der Waals surface area contributed by atoms with Crippen LogP contribution < -0.4 is 5.32 Å². The van der Waals surface area contributed by atoms with E-state index in [1.807, 2.05) is 0 Å². The summed E-state index contributed by atoms with van der Waals surface area (Å²) in [6.07, 6.45) is 2.00. The molecule has 0 aliphatic carbocycles. The lowest BCUT2D eigenvalue weighted by atomic mass is 10.1. The van der Waals surface area contributed by atoms with E-state index >= 15 is 0 Å². The summed E-state index contributed by atoms with van der Waals surface area (Å²) in [6, 6.07) is -1.59. The zero-order valence-electron chi connectivity index (χ0n) is 11.6. The van der Waals surface area contributed by atoms with Crippen molar-refractivity contribution in [2.75, 3.05) is 6.54 Å². The van der Waals surface area contributed by atoms with Gasteiger partial charge in [-0.25, -0.2) is 9.78 Å². The molecular formula is C13H17N3O4S. The largest absolute Gasteiger partial charge is 0.480 e. The van der Waals surface area contributed by atoms with Crippen LogP contribution in [-0.2, 0) is 9.59 Å². The monoisotopic (exact) mass is 311 g/mol. The number of likely N-dealkylation sites (tertiary alicyclic amines) is 1. The van der Waals surface area contributed by atoms with Gasteiger partial charge in [0, 0.05) is 11.9 Å². The number of thiazole rings is 1. The third-order valence-corrected chi connectivity index (χ3v) is 4.10. The summed E-state index contributed by atoms with van der Waals surface area (Å²) in [5, 5.41) is 13.3. The van der Waals surface area contributed by atoms with Gasteiger partial charge in [-0.05, 0) is 26.2 Å². The number of nitrogens with one attached hydrogen (secondary N) is 1. The molecule has 2 rings (SSSR count). The Balaban J connectivity index is 2.09. The van der Waals surface area contributed by atoms with Gasteiger partial charge in [0.25, 0.3) is 5.91 Å². The highest BCUT2D eigenvalue weighted by Crippen LogP contribution is 2.15. The minimum absolute atomic E-state index is 0.273. The molecule has 2 heterocycles. The molecule has 21 heavy (non-hydrogen) atoms. The van der Waals surface area contributed by atoms with Crippen molar-refractivity contribution in [3.05, 3.63) is 16.6 Å². The van der Waals surface area contributed by atoms with E-state index in [4.69, 9.17) is 5.11 Å². The third-order valence-electron chi connectivity index (χ3n) is 3.52. The highest BCUT2D eigenvalue weighted by atomic mass is 32.1. The van der Waals surface area contributed by atoms with Gasteiger partial charge in [0.1, 0.15) is 17.8 Å². The van der Waals surface area contributed by atoms with Crippen molar-refractivity contribution >= 4 is 29.1 Å². The fourth-order valence-electron chi connectivity index (χ4n) is 2.27. The van der Waals surface area contributed by atoms with Gasteiger partial charge in [-0.1, -0.05) is 0 Å². The minimum Gasteiger partial charge on any atom is -0.480 e. The number of aromatic nitrogens is 1. The van der Waals surface area contributed by atoms with Gasteiger partial charge < -0.3 is 15.3 Å². The Bertz CT molecular complexity index is 532. The van der Waals surface area contributed by atoms with Crippen LogP contribution in [0.15, 0.2) is 10.9 Å². The van der Waals surface area contributed by atoms with Crippen molar-refractivity contribution in [1.29, 1.82) is 0 Å². The maximum atomic E-state index is 12.4. The van der Waals surface area contributed by atoms with Gasteiger partial charge in [0.05, 0.1) is 5.51 Å². The van der Waals surface area contributed by atoms with Crippen molar-refractivity contribution in [2.24, 2.45) is 0 Å². The van der Waals surface area contributed by atoms with E-state index in [0.717, 1.165) is 12.8 Å². The Kier molecular flexibility index (Phi) is 4.89. The number of hydrogen-bond donors (Lipinski definition) is 2. The van der Waals surface area contributed by atoms with Gasteiger partial charge >= 0.3 is 5.97 Å². The molecule has 1 saturated heterocycles. The zero-order valence-corrected chi connectivity index (χ0v) is 12.4. The summed E-state index contributed by atoms with van der Waals surface area (Å²) in [5.41, 5.74) is 1.82. The molecule has 7 nitrogen and oxygen atoms in total. The normalized spacial score (nSPS) is 20.7. The van der Waals surface area contributed by atoms with Gasteiger partial charge in [0.15, 0.2) is 0 Å². The first-order valence-electron chi connectivity index (χ1n) is 6.73. The van der Waals surface area contributed by atoms with Crippen molar-refractivity contribution in [2.45, 2.75) is 38.3 Å². The smallest absolute Gasteiger partial charge is 0.326 e. The van der Waals surface area contributed by atoms with Crippen LogP contribution in [0.1, 0.15) is 36.7 Å². The molecular weight excluding hydrogens is 294 g/mol. The number of carboxylic acids is 1. The predicted octanol–water partition coefficient (Wildman–Crippen LogP) is 0.727. The number of hydrogen-bond acceptors (Lipinski definition) is 5. The van der Waals surface area contributed by atoms with E-state index in [0.29, 0.717) is 13.0 Å². The van der Waals surface area contributed by atoms with Crippen LogP contribution in [0.3, 0.4) is 0 Å². The summed E-state index contributed by atoms with van der Waals surface area (Å²) < 4.78 is 0. The molecule has 1 unspecified atom stereocenters. The molecule has 2 amide bonds. The molecule has 1 aliphatic rings. The molecule has 1 aromatic rings. The SMILES string of the molecule is CC(C(=O)O)N1CCCC[C@H](NC(=O)c2cscn2)C1=O. The van der Waals surface area contributed by atoms with Crippen LogP contribution in [0, 0.1) is 0 Å². The number of rotatable bonds is 4. The van der Waals surface area contributed by atoms with E-state index in [2.05, 4.69) is 10.3 Å². The number of carbonyl (C=O) groups is 3. The minimum atomic E-state index is -1.05. The summed E-state index contributed by atoms with van der Waals surface area (Å²) in [7, 11) is 0. The summed E-state index contributed by atoms with van der Waals surface area (Å²) in [5.74, 6) is -1.79. The van der Waals surface area contributed by atoms with Crippen LogP contribution in [-0.4, -0.2) is 51.4 Å². The van der Waals surface area contributed by atoms with Gasteiger partial charge in [-0.2, -0.15) is 0 Å². The fraction of sp³-hybridized carbons (Fsp3) is 0.538. The average Bonchev–Trinajstić information content (AvgIpc) is 2.93. The topological polar surface area (TPSA) is 99.6 Å². The Morgan fingerprint density at radius 3 is 2.90 bits per heavy atom. The van der Waals surface area contributed by atoms with Crippen LogP contribution in [0.4, 0.5) is 0 Å². The Morgan fingerprint density at radius 1 is 1.52 bits per heavy atom. The highest BCUT2D eigenvalue weighted by molar-refractivity contribution is 7.07. The number of carboxylic acid groups (broad SMARTS) is 1. The molecule has 0 saturated carbocycles. The van der Waals surface area contributed by atoms with E-state index in [-0.39, 0.29) is 11.6 Å². The van der Waals surface area contributed by atoms with Crippen LogP contribution >= 0.6 is 11.3 Å². The summed E-state index contributed by atoms with van der Waals surface area (Å²) in [4.78, 5) is 40.7. The Labute approximate surface area is 126 Å². The second kappa shape index (κ2) is 6.66. The maximum Gasteiger partial charge on any atom is 0.326 e.